The molecule has 0 atom stereocenters. The Bertz CT molecular complexity index is 2080. The number of carbonyl (C=O) groups is 1. The number of hydrogen-bond acceptors (Lipinski definition) is 8. The molecule has 13 heteroatoms. The minimum Gasteiger partial charge on any atom is -0.477 e. The lowest BCUT2D eigenvalue weighted by Gasteiger charge is -2.36. The van der Waals surface area contributed by atoms with Gasteiger partial charge in [0.25, 0.3) is 0 Å². The van der Waals surface area contributed by atoms with Crippen LogP contribution in [0.3, 0.4) is 0 Å². The van der Waals surface area contributed by atoms with E-state index in [0.717, 1.165) is 44.6 Å². The summed E-state index contributed by atoms with van der Waals surface area (Å²) in [6.07, 6.45) is 5.73. The molecule has 1 aliphatic heterocycles. The van der Waals surface area contributed by atoms with E-state index in [0.29, 0.717) is 54.5 Å². The fraction of sp³-hybridized carbons (Fsp3) is 0.382. The highest BCUT2D eigenvalue weighted by Crippen LogP contribution is 2.27. The lowest BCUT2D eigenvalue weighted by molar-refractivity contribution is 0.0695. The molecule has 47 heavy (non-hydrogen) atoms. The molecule has 3 N–H and O–H groups in total. The quantitative estimate of drug-likeness (QED) is 0.178. The first-order valence-corrected chi connectivity index (χ1v) is 16.1. The van der Waals surface area contributed by atoms with Gasteiger partial charge in [0, 0.05) is 56.5 Å². The van der Waals surface area contributed by atoms with Gasteiger partial charge >= 0.3 is 11.5 Å². The van der Waals surface area contributed by atoms with Crippen molar-refractivity contribution < 1.29 is 14.3 Å². The minimum absolute atomic E-state index is 0.0713. The van der Waals surface area contributed by atoms with Crippen molar-refractivity contribution in [2.45, 2.75) is 53.1 Å². The number of H-pyrrole nitrogens is 1. The second-order valence-corrected chi connectivity index (χ2v) is 12.0. The van der Waals surface area contributed by atoms with Crippen LogP contribution >= 0.6 is 0 Å². The summed E-state index contributed by atoms with van der Waals surface area (Å²) in [7, 11) is 0. The van der Waals surface area contributed by atoms with Crippen LogP contribution in [0.25, 0.3) is 22.1 Å². The van der Waals surface area contributed by atoms with Gasteiger partial charge in [-0.2, -0.15) is 4.98 Å². The molecule has 2 aromatic carbocycles. The predicted molar refractivity (Wildman–Crippen MR) is 181 cm³/mol. The lowest BCUT2D eigenvalue weighted by Crippen LogP contribution is -2.47. The molecule has 4 heterocycles. The molecule has 246 valence electrons. The molecule has 5 aromatic rings. The van der Waals surface area contributed by atoms with Crippen LogP contribution < -0.4 is 21.2 Å². The molecule has 1 saturated heterocycles. The van der Waals surface area contributed by atoms with Crippen LogP contribution in [0.5, 0.6) is 0 Å². The summed E-state index contributed by atoms with van der Waals surface area (Å²) in [6.45, 7) is 10.8. The van der Waals surface area contributed by atoms with Crippen LogP contribution in [0.15, 0.2) is 52.4 Å². The molecule has 0 aliphatic carbocycles. The van der Waals surface area contributed by atoms with Gasteiger partial charge in [-0.25, -0.2) is 14.2 Å². The first-order chi connectivity index (χ1) is 22.7. The number of unbranched alkanes of at least 4 members (excludes halogenated alkanes) is 1. The number of imidazole rings is 1. The minimum atomic E-state index is -1.32. The zero-order chi connectivity index (χ0) is 33.2. The Balaban J connectivity index is 1.06. The molecule has 3 aromatic heterocycles. The van der Waals surface area contributed by atoms with Crippen molar-refractivity contribution in [1.29, 1.82) is 0 Å². The second-order valence-electron chi connectivity index (χ2n) is 12.0. The topological polar surface area (TPSA) is 141 Å². The molecule has 1 aliphatic rings. The van der Waals surface area contributed by atoms with Crippen LogP contribution in [0, 0.1) is 12.7 Å². The third kappa shape index (κ3) is 6.48. The van der Waals surface area contributed by atoms with Crippen molar-refractivity contribution in [2.75, 3.05) is 42.9 Å². The number of anilines is 3. The third-order valence-corrected chi connectivity index (χ3v) is 9.04. The van der Waals surface area contributed by atoms with E-state index in [-0.39, 0.29) is 16.5 Å². The van der Waals surface area contributed by atoms with Gasteiger partial charge in [-0.15, -0.1) is 0 Å². The summed E-state index contributed by atoms with van der Waals surface area (Å²) < 4.78 is 18.9. The van der Waals surface area contributed by atoms with Crippen molar-refractivity contribution >= 4 is 45.4 Å². The van der Waals surface area contributed by atoms with Gasteiger partial charge in [-0.1, -0.05) is 13.0 Å². The van der Waals surface area contributed by atoms with Crippen LogP contribution in [0.4, 0.5) is 21.7 Å². The summed E-state index contributed by atoms with van der Waals surface area (Å²) in [5.74, 6) is -1.48. The predicted octanol–water partition coefficient (Wildman–Crippen LogP) is 4.51. The van der Waals surface area contributed by atoms with E-state index in [1.807, 2.05) is 22.5 Å². The second kappa shape index (κ2) is 13.4. The van der Waals surface area contributed by atoms with E-state index < -0.39 is 17.2 Å². The Morgan fingerprint density at radius 2 is 1.81 bits per heavy atom. The van der Waals surface area contributed by atoms with E-state index in [1.54, 1.807) is 17.0 Å². The maximum Gasteiger partial charge on any atom is 0.341 e. The molecule has 0 saturated carbocycles. The summed E-state index contributed by atoms with van der Waals surface area (Å²) in [6, 6.07) is 8.92. The van der Waals surface area contributed by atoms with Gasteiger partial charge in [0.2, 0.25) is 11.4 Å². The molecule has 0 radical (unpaired) electrons. The highest BCUT2D eigenvalue weighted by Gasteiger charge is 2.22. The van der Waals surface area contributed by atoms with E-state index in [1.165, 1.54) is 23.4 Å². The highest BCUT2D eigenvalue weighted by molar-refractivity contribution is 5.93. The number of fused-ring (bicyclic) bond motifs is 2. The van der Waals surface area contributed by atoms with Crippen molar-refractivity contribution in [3.8, 4) is 0 Å². The molecule has 0 amide bonds. The van der Waals surface area contributed by atoms with Crippen LogP contribution in [0.1, 0.15) is 48.2 Å². The number of aromatic amines is 1. The molecule has 0 bridgehead atoms. The number of nitrogens with zero attached hydrogens (tertiary/aromatic N) is 6. The Labute approximate surface area is 270 Å². The van der Waals surface area contributed by atoms with Crippen LogP contribution in [-0.2, 0) is 19.5 Å². The highest BCUT2D eigenvalue weighted by atomic mass is 19.1. The standard InChI is InChI=1S/C34H39FN8O4/c1-4-22-16-23(9-8-21(22)3)37-34-38-31-29(32(45)39-34)36-20-43(31)11-7-6-10-40-12-14-42(15-13-40)28-18-27-24(17-26(28)35)30(44)25(33(46)47)19-41(27)5-2/h8-9,16-20H,4-7,10-15H2,1-3H3,(H,46,47)(H2,37,38,39,45). The number of aryl methyl sites for hydroxylation is 4. The maximum atomic E-state index is 15.3. The van der Waals surface area contributed by atoms with Crippen molar-refractivity contribution in [3.05, 3.63) is 85.9 Å². The summed E-state index contributed by atoms with van der Waals surface area (Å²) >= 11 is 0. The first kappa shape index (κ1) is 31.9. The van der Waals surface area contributed by atoms with Crippen LogP contribution in [0.2, 0.25) is 0 Å². The molecule has 0 spiro atoms. The number of pyridine rings is 1. The summed E-state index contributed by atoms with van der Waals surface area (Å²) in [5.41, 5.74) is 3.77. The van der Waals surface area contributed by atoms with E-state index in [4.69, 9.17) is 0 Å². The number of benzene rings is 2. The van der Waals surface area contributed by atoms with Crippen molar-refractivity contribution in [2.24, 2.45) is 0 Å². The maximum absolute atomic E-state index is 15.3. The third-order valence-electron chi connectivity index (χ3n) is 9.04. The first-order valence-electron chi connectivity index (χ1n) is 16.1. The van der Waals surface area contributed by atoms with Crippen LogP contribution in [-0.4, -0.2) is 72.8 Å². The molecule has 0 unspecified atom stereocenters. The van der Waals surface area contributed by atoms with Gasteiger partial charge in [0.15, 0.2) is 5.52 Å². The van der Waals surface area contributed by atoms with Gasteiger partial charge in [-0.3, -0.25) is 14.5 Å². The zero-order valence-electron chi connectivity index (χ0n) is 26.8. The van der Waals surface area contributed by atoms with Gasteiger partial charge < -0.3 is 29.4 Å². The lowest BCUT2D eigenvalue weighted by atomic mass is 10.1. The van der Waals surface area contributed by atoms with E-state index >= 15 is 4.39 Å². The largest absolute Gasteiger partial charge is 0.477 e. The Morgan fingerprint density at radius 3 is 2.53 bits per heavy atom. The average Bonchev–Trinajstić information content (AvgIpc) is 3.47. The van der Waals surface area contributed by atoms with E-state index in [9.17, 15) is 19.5 Å². The SMILES string of the molecule is CCc1cc(Nc2nc(=O)c3ncn(CCCCN4CCN(c5cc6c(cc5F)c(=O)c(C(=O)O)cn6CC)CC4)c3[nH]2)ccc1C. The Hall–Kier alpha value is -5.04. The van der Waals surface area contributed by atoms with E-state index in [2.05, 4.69) is 51.1 Å². The van der Waals surface area contributed by atoms with Gasteiger partial charge in [0.1, 0.15) is 17.0 Å². The monoisotopic (exact) mass is 642 g/mol. The smallest absolute Gasteiger partial charge is 0.341 e. The Morgan fingerprint density at radius 1 is 1.04 bits per heavy atom. The summed E-state index contributed by atoms with van der Waals surface area (Å²) in [5, 5.41) is 12.7. The van der Waals surface area contributed by atoms with Crippen molar-refractivity contribution in [3.63, 3.8) is 0 Å². The zero-order valence-corrected chi connectivity index (χ0v) is 26.8. The fourth-order valence-corrected chi connectivity index (χ4v) is 6.35. The molecular formula is C34H39FN8O4. The fourth-order valence-electron chi connectivity index (χ4n) is 6.35. The molecule has 12 nitrogen and oxygen atoms in total. The number of nitrogens with one attached hydrogen (secondary N) is 2. The number of rotatable bonds is 11. The van der Waals surface area contributed by atoms with Gasteiger partial charge in [0.05, 0.1) is 17.5 Å². The summed E-state index contributed by atoms with van der Waals surface area (Å²) in [4.78, 5) is 53.0. The number of hydrogen-bond donors (Lipinski definition) is 3. The van der Waals surface area contributed by atoms with Crippen molar-refractivity contribution in [1.82, 2.24) is 29.0 Å². The molecule has 1 fully saturated rings. The van der Waals surface area contributed by atoms with Gasteiger partial charge in [-0.05, 0) is 75.0 Å². The number of halogens is 1. The molecule has 6 rings (SSSR count). The molecular weight excluding hydrogens is 603 g/mol. The number of piperazine rings is 1. The average molecular weight is 643 g/mol. The number of carboxylic acids is 1. The number of carboxylic acid groups (broad SMARTS) is 1. The Kier molecular flexibility index (Phi) is 9.08. The normalized spacial score (nSPS) is 13.9. The number of aromatic carboxylic acids is 1. The number of aromatic nitrogens is 5.